The third kappa shape index (κ3) is 26.8. The molecule has 30 heteroatoms. The Balaban J connectivity index is 3.01. The van der Waals surface area contributed by atoms with Crippen LogP contribution in [0.5, 0.6) is 0 Å². The van der Waals surface area contributed by atoms with E-state index in [9.17, 15) is 77.6 Å². The molecule has 11 amide bonds. The number of amides is 11. The summed E-state index contributed by atoms with van der Waals surface area (Å²) in [5.41, 5.74) is 11.6. The van der Waals surface area contributed by atoms with Crippen molar-refractivity contribution in [2.75, 3.05) is 32.8 Å². The minimum Gasteiger partial charge on any atom is -0.481 e. The predicted molar refractivity (Wildman–Crippen MR) is 289 cm³/mol. The molecule has 1 rings (SSSR count). The number of unbranched alkanes of at least 4 members (excludes halogenated alkanes) is 1. The fraction of sp³-hybridized carbons (Fsp3) is 0.627. The Labute approximate surface area is 469 Å². The first kappa shape index (κ1) is 71.2. The average Bonchev–Trinajstić information content (AvgIpc) is 3.40. The summed E-state index contributed by atoms with van der Waals surface area (Å²) in [5, 5.41) is 64.9. The predicted octanol–water partition coefficient (Wildman–Crippen LogP) is -5.78. The Kier molecular flexibility index (Phi) is 32.0. The van der Waals surface area contributed by atoms with Gasteiger partial charge in [-0.1, -0.05) is 71.9 Å². The van der Waals surface area contributed by atoms with Gasteiger partial charge in [-0.2, -0.15) is 0 Å². The number of carbonyl (C=O) groups excluding carboxylic acids is 11. The topological polar surface area (TPSA) is 487 Å². The van der Waals surface area contributed by atoms with Crippen LogP contribution in [0.4, 0.5) is 0 Å². The molecule has 0 aliphatic carbocycles. The van der Waals surface area contributed by atoms with Crippen LogP contribution in [-0.2, 0) is 68.7 Å². The minimum absolute atomic E-state index is 0.0352. The molecule has 0 heterocycles. The first-order valence-electron chi connectivity index (χ1n) is 26.4. The van der Waals surface area contributed by atoms with E-state index in [2.05, 4.69) is 58.5 Å². The van der Waals surface area contributed by atoms with Crippen LogP contribution in [0.25, 0.3) is 0 Å². The summed E-state index contributed by atoms with van der Waals surface area (Å²) in [6.07, 6.45) is -1.89. The van der Waals surface area contributed by atoms with E-state index in [1.165, 1.54) is 6.92 Å². The molecule has 0 bridgehead atoms. The van der Waals surface area contributed by atoms with Crippen molar-refractivity contribution in [3.8, 4) is 0 Å². The van der Waals surface area contributed by atoms with E-state index in [-0.39, 0.29) is 12.8 Å². The number of hydrogen-bond acceptors (Lipinski definition) is 17. The zero-order valence-electron chi connectivity index (χ0n) is 46.9. The maximum atomic E-state index is 13.9. The van der Waals surface area contributed by atoms with E-state index in [1.807, 2.05) is 0 Å². The highest BCUT2D eigenvalue weighted by molar-refractivity contribution is 5.98. The molecule has 1 aromatic carbocycles. The number of aliphatic hydroxyl groups excluding tert-OH is 2. The minimum atomic E-state index is -1.81. The highest BCUT2D eigenvalue weighted by Crippen LogP contribution is 2.12. The average molecular weight is 1150 g/mol. The van der Waals surface area contributed by atoms with Gasteiger partial charge >= 0.3 is 11.9 Å². The van der Waals surface area contributed by atoms with E-state index >= 15 is 0 Å². The van der Waals surface area contributed by atoms with Crippen molar-refractivity contribution >= 4 is 76.9 Å². The van der Waals surface area contributed by atoms with E-state index in [1.54, 1.807) is 71.9 Å². The van der Waals surface area contributed by atoms with Crippen molar-refractivity contribution in [2.45, 2.75) is 154 Å². The number of carboxylic acid groups (broad SMARTS) is 2. The van der Waals surface area contributed by atoms with Crippen LogP contribution in [0.15, 0.2) is 30.3 Å². The Bertz CT molecular complexity index is 2320. The lowest BCUT2D eigenvalue weighted by Gasteiger charge is -2.30. The molecule has 0 aromatic heterocycles. The van der Waals surface area contributed by atoms with Gasteiger partial charge in [-0.05, 0) is 69.4 Å². The molecule has 0 aliphatic heterocycles. The van der Waals surface area contributed by atoms with Gasteiger partial charge in [-0.15, -0.1) is 0 Å². The number of nitrogens with one attached hydrogen (secondary N) is 11. The number of rotatable bonds is 37. The van der Waals surface area contributed by atoms with Gasteiger partial charge in [0.2, 0.25) is 65.0 Å². The SMILES string of the molecule is CC(C)[C@H](NC(=O)[C@H](CCC(=O)O)NC(=O)[C@@H](NC(=O)CNC(=O)CNC(=O)CNC(=O)[C@H](Cc1ccccc1)NC(=O)[C@H](C)NC(=O)[C@@H](N)CO)[C@@H](C)O)C(=O)N[C@H](C(=O)N[C@H](C(=O)N[C@@H](CCCCN)C(=O)O)C(C)C)C(C)C. The van der Waals surface area contributed by atoms with E-state index in [0.29, 0.717) is 24.9 Å². The van der Waals surface area contributed by atoms with Crippen molar-refractivity contribution in [3.63, 3.8) is 0 Å². The smallest absolute Gasteiger partial charge is 0.326 e. The molecule has 10 atom stereocenters. The summed E-state index contributed by atoms with van der Waals surface area (Å²) >= 11 is 0. The number of benzene rings is 1. The molecule has 30 nitrogen and oxygen atoms in total. The lowest BCUT2D eigenvalue weighted by atomic mass is 9.97. The van der Waals surface area contributed by atoms with Gasteiger partial charge in [0.05, 0.1) is 32.3 Å². The van der Waals surface area contributed by atoms with Crippen LogP contribution in [0.1, 0.15) is 93.1 Å². The molecule has 81 heavy (non-hydrogen) atoms. The maximum absolute atomic E-state index is 13.9. The van der Waals surface area contributed by atoms with Crippen molar-refractivity contribution < 1.29 is 82.8 Å². The molecule has 19 N–H and O–H groups in total. The number of aliphatic carboxylic acids is 2. The number of hydrogen-bond donors (Lipinski definition) is 17. The lowest BCUT2D eigenvalue weighted by molar-refractivity contribution is -0.143. The number of carboxylic acids is 2. The molecule has 0 unspecified atom stereocenters. The molecule has 0 saturated heterocycles. The standard InChI is InChI=1S/C51H83N13O17/c1-25(2)39(47(76)59-33(51(80)81)16-12-13-19-52)63-49(78)41(27(5)6)64-48(77)40(26(3)4)62-46(75)32(17-18-38(70)71)58-50(79)42(29(8)66)61-37(69)23-55-35(67)21-54-36(68)22-56-45(74)34(20-30-14-10-9-11-15-30)60-43(72)28(7)57-44(73)31(53)24-65/h9-11,14-15,25-29,31-34,39-42,65-66H,12-13,16-24,52-53H2,1-8H3,(H,54,68)(H,55,67)(H,56,74)(H,57,73)(H,58,79)(H,59,76)(H,60,72)(H,61,69)(H,62,75)(H,63,78)(H,64,77)(H,70,71)(H,80,81)/t28-,29+,31-,32-,33-,34-,39-,40-,41-,42-/m0/s1. The van der Waals surface area contributed by atoms with Crippen molar-refractivity contribution in [2.24, 2.45) is 29.2 Å². The van der Waals surface area contributed by atoms with Gasteiger partial charge in [0, 0.05) is 12.8 Å². The Morgan fingerprint density at radius 2 is 0.938 bits per heavy atom. The van der Waals surface area contributed by atoms with Gasteiger partial charge in [-0.3, -0.25) is 57.5 Å². The summed E-state index contributed by atoms with van der Waals surface area (Å²) in [4.78, 5) is 168. The second-order valence-electron chi connectivity index (χ2n) is 20.2. The first-order chi connectivity index (χ1) is 37.9. The summed E-state index contributed by atoms with van der Waals surface area (Å²) in [6.45, 7) is 9.36. The maximum Gasteiger partial charge on any atom is 0.326 e. The van der Waals surface area contributed by atoms with Crippen LogP contribution in [0, 0.1) is 17.8 Å². The molecule has 0 spiro atoms. The highest BCUT2D eigenvalue weighted by Gasteiger charge is 2.37. The number of aliphatic hydroxyl groups is 2. The molecule has 0 saturated carbocycles. The molecule has 0 aliphatic rings. The van der Waals surface area contributed by atoms with Crippen molar-refractivity contribution in [3.05, 3.63) is 35.9 Å². The van der Waals surface area contributed by atoms with E-state index in [0.717, 1.165) is 6.92 Å². The number of nitrogens with two attached hydrogens (primary N) is 2. The van der Waals surface area contributed by atoms with Gasteiger partial charge in [0.15, 0.2) is 0 Å². The van der Waals surface area contributed by atoms with Crippen LogP contribution in [0.3, 0.4) is 0 Å². The first-order valence-corrected chi connectivity index (χ1v) is 26.4. The summed E-state index contributed by atoms with van der Waals surface area (Å²) in [7, 11) is 0. The zero-order chi connectivity index (χ0) is 61.7. The largest absolute Gasteiger partial charge is 0.481 e. The normalized spacial score (nSPS) is 14.8. The third-order valence-corrected chi connectivity index (χ3v) is 12.2. The fourth-order valence-electron chi connectivity index (χ4n) is 7.38. The van der Waals surface area contributed by atoms with Gasteiger partial charge in [0.25, 0.3) is 0 Å². The van der Waals surface area contributed by atoms with Crippen LogP contribution >= 0.6 is 0 Å². The van der Waals surface area contributed by atoms with Crippen LogP contribution in [0.2, 0.25) is 0 Å². The van der Waals surface area contributed by atoms with E-state index in [4.69, 9.17) is 16.6 Å². The quantitative estimate of drug-likeness (QED) is 0.0276. The Hall–Kier alpha value is -7.83. The van der Waals surface area contributed by atoms with E-state index < -0.39 is 194 Å². The summed E-state index contributed by atoms with van der Waals surface area (Å²) < 4.78 is 0. The Morgan fingerprint density at radius 3 is 1.41 bits per heavy atom. The molecule has 454 valence electrons. The second-order valence-corrected chi connectivity index (χ2v) is 20.2. The third-order valence-electron chi connectivity index (χ3n) is 12.2. The van der Waals surface area contributed by atoms with Crippen molar-refractivity contribution in [1.82, 2.24) is 58.5 Å². The Morgan fingerprint density at radius 1 is 0.481 bits per heavy atom. The second kappa shape index (κ2) is 36.4. The van der Waals surface area contributed by atoms with Crippen LogP contribution in [-0.4, -0.2) is 191 Å². The summed E-state index contributed by atoms with van der Waals surface area (Å²) in [6, 6.07) is -3.96. The number of carbonyl (C=O) groups is 13. The van der Waals surface area contributed by atoms with Gasteiger partial charge in [-0.25, -0.2) is 4.79 Å². The van der Waals surface area contributed by atoms with Gasteiger partial charge < -0.3 is 90.4 Å². The highest BCUT2D eigenvalue weighted by atomic mass is 16.4. The van der Waals surface area contributed by atoms with Crippen molar-refractivity contribution in [1.29, 1.82) is 0 Å². The molecule has 1 aromatic rings. The fourth-order valence-corrected chi connectivity index (χ4v) is 7.38. The van der Waals surface area contributed by atoms with Gasteiger partial charge in [0.1, 0.15) is 54.4 Å². The molecule has 0 fully saturated rings. The van der Waals surface area contributed by atoms with Crippen LogP contribution < -0.4 is 70.0 Å². The molecular formula is C51H83N13O17. The lowest BCUT2D eigenvalue weighted by Crippen LogP contribution is -2.62. The monoisotopic (exact) mass is 1150 g/mol. The zero-order valence-corrected chi connectivity index (χ0v) is 46.9. The molecular weight excluding hydrogens is 1070 g/mol. The molecule has 0 radical (unpaired) electrons. The summed E-state index contributed by atoms with van der Waals surface area (Å²) in [5.74, 6) is -14.5.